The molecule has 0 unspecified atom stereocenters. The fourth-order valence-electron chi connectivity index (χ4n) is 1.88. The monoisotopic (exact) mass is 267 g/mol. The molecule has 19 heavy (non-hydrogen) atoms. The number of carbonyl (C=O) groups excluding carboxylic acids is 1. The maximum atomic E-state index is 12.0. The number of hydrogen-bond acceptors (Lipinski definition) is 3. The van der Waals surface area contributed by atoms with E-state index < -0.39 is 11.4 Å². The highest BCUT2D eigenvalue weighted by molar-refractivity contribution is 5.80. The molecule has 0 aromatic carbocycles. The highest BCUT2D eigenvalue weighted by atomic mass is 16.4. The standard InChI is InChI=1S/C13H21N3O3/c1-10(2)8-16(7-3-6-14)12(19)15-9-13(4-5-13)11(17)18/h10H,3-5,7-9H2,1-2H3,(H,15,19)(H,17,18). The van der Waals surface area contributed by atoms with Crippen LogP contribution in [0.3, 0.4) is 0 Å². The van der Waals surface area contributed by atoms with Crippen LogP contribution in [0.15, 0.2) is 0 Å². The summed E-state index contributed by atoms with van der Waals surface area (Å²) in [6.45, 7) is 5.09. The average molecular weight is 267 g/mol. The number of aliphatic carboxylic acids is 1. The van der Waals surface area contributed by atoms with E-state index in [1.807, 2.05) is 19.9 Å². The van der Waals surface area contributed by atoms with Crippen molar-refractivity contribution in [1.82, 2.24) is 10.2 Å². The second-order valence-electron chi connectivity index (χ2n) is 5.49. The van der Waals surface area contributed by atoms with Crippen LogP contribution in [0, 0.1) is 22.7 Å². The first kappa shape index (κ1) is 15.3. The van der Waals surface area contributed by atoms with E-state index in [2.05, 4.69) is 5.32 Å². The molecular formula is C13H21N3O3. The van der Waals surface area contributed by atoms with Gasteiger partial charge in [-0.2, -0.15) is 5.26 Å². The summed E-state index contributed by atoms with van der Waals surface area (Å²) in [6.07, 6.45) is 1.51. The summed E-state index contributed by atoms with van der Waals surface area (Å²) in [6, 6.07) is 1.73. The van der Waals surface area contributed by atoms with Crippen LogP contribution < -0.4 is 5.32 Å². The number of carboxylic acid groups (broad SMARTS) is 1. The number of nitriles is 1. The normalized spacial score (nSPS) is 15.7. The molecule has 0 heterocycles. The third-order valence-corrected chi connectivity index (χ3v) is 3.25. The zero-order chi connectivity index (χ0) is 14.5. The topological polar surface area (TPSA) is 93.4 Å². The van der Waals surface area contributed by atoms with Gasteiger partial charge in [-0.1, -0.05) is 13.8 Å². The van der Waals surface area contributed by atoms with Crippen molar-refractivity contribution in [2.24, 2.45) is 11.3 Å². The van der Waals surface area contributed by atoms with Crippen molar-refractivity contribution in [3.8, 4) is 6.07 Å². The lowest BCUT2D eigenvalue weighted by Crippen LogP contribution is -2.45. The van der Waals surface area contributed by atoms with Gasteiger partial charge in [0.1, 0.15) is 0 Å². The van der Waals surface area contributed by atoms with E-state index in [1.54, 1.807) is 4.90 Å². The van der Waals surface area contributed by atoms with E-state index in [4.69, 9.17) is 10.4 Å². The van der Waals surface area contributed by atoms with Crippen molar-refractivity contribution < 1.29 is 14.7 Å². The van der Waals surface area contributed by atoms with Crippen LogP contribution in [-0.4, -0.2) is 41.6 Å². The minimum Gasteiger partial charge on any atom is -0.481 e. The van der Waals surface area contributed by atoms with Gasteiger partial charge in [0.05, 0.1) is 17.9 Å². The van der Waals surface area contributed by atoms with E-state index in [0.29, 0.717) is 31.8 Å². The molecule has 0 bridgehead atoms. The molecule has 6 heteroatoms. The first-order valence-electron chi connectivity index (χ1n) is 6.54. The minimum atomic E-state index is -0.847. The van der Waals surface area contributed by atoms with E-state index in [9.17, 15) is 9.59 Å². The molecule has 0 aromatic heterocycles. The van der Waals surface area contributed by atoms with Gasteiger partial charge in [-0.3, -0.25) is 4.79 Å². The molecule has 1 aliphatic rings. The molecule has 0 spiro atoms. The first-order valence-corrected chi connectivity index (χ1v) is 6.54. The molecule has 0 atom stereocenters. The smallest absolute Gasteiger partial charge is 0.317 e. The Bertz CT molecular complexity index is 383. The first-order chi connectivity index (χ1) is 8.91. The van der Waals surface area contributed by atoms with Crippen LogP contribution in [-0.2, 0) is 4.79 Å². The summed E-state index contributed by atoms with van der Waals surface area (Å²) in [5.41, 5.74) is -0.756. The largest absolute Gasteiger partial charge is 0.481 e. The fraction of sp³-hybridized carbons (Fsp3) is 0.769. The van der Waals surface area contributed by atoms with Crippen LogP contribution in [0.1, 0.15) is 33.1 Å². The summed E-state index contributed by atoms with van der Waals surface area (Å²) in [4.78, 5) is 24.6. The Morgan fingerprint density at radius 3 is 2.53 bits per heavy atom. The Morgan fingerprint density at radius 1 is 1.47 bits per heavy atom. The predicted octanol–water partition coefficient (Wildman–Crippen LogP) is 1.43. The molecular weight excluding hydrogens is 246 g/mol. The molecule has 2 N–H and O–H groups in total. The lowest BCUT2D eigenvalue weighted by Gasteiger charge is -2.24. The van der Waals surface area contributed by atoms with Crippen LogP contribution >= 0.6 is 0 Å². The number of amides is 2. The van der Waals surface area contributed by atoms with Crippen molar-refractivity contribution in [2.45, 2.75) is 33.1 Å². The van der Waals surface area contributed by atoms with Crippen LogP contribution in [0.5, 0.6) is 0 Å². The van der Waals surface area contributed by atoms with Crippen LogP contribution in [0.2, 0.25) is 0 Å². The van der Waals surface area contributed by atoms with Gasteiger partial charge in [-0.15, -0.1) is 0 Å². The summed E-state index contributed by atoms with van der Waals surface area (Å²) in [5, 5.41) is 20.3. The Labute approximate surface area is 113 Å². The third-order valence-electron chi connectivity index (χ3n) is 3.25. The summed E-state index contributed by atoms with van der Waals surface area (Å²) in [5.74, 6) is -0.543. The highest BCUT2D eigenvalue weighted by Crippen LogP contribution is 2.45. The molecule has 1 rings (SSSR count). The number of carboxylic acids is 1. The van der Waals surface area contributed by atoms with Gasteiger partial charge >= 0.3 is 12.0 Å². The lowest BCUT2D eigenvalue weighted by atomic mass is 10.1. The van der Waals surface area contributed by atoms with Crippen molar-refractivity contribution in [1.29, 1.82) is 5.26 Å². The molecule has 1 saturated carbocycles. The maximum absolute atomic E-state index is 12.0. The van der Waals surface area contributed by atoms with Crippen molar-refractivity contribution in [3.63, 3.8) is 0 Å². The van der Waals surface area contributed by atoms with Crippen molar-refractivity contribution >= 4 is 12.0 Å². The average Bonchev–Trinajstić information content (AvgIpc) is 3.12. The molecule has 6 nitrogen and oxygen atoms in total. The second kappa shape index (κ2) is 6.41. The van der Waals surface area contributed by atoms with Gasteiger partial charge in [0.25, 0.3) is 0 Å². The molecule has 0 aliphatic heterocycles. The Hall–Kier alpha value is -1.77. The fourth-order valence-corrected chi connectivity index (χ4v) is 1.88. The number of urea groups is 1. The van der Waals surface area contributed by atoms with Crippen LogP contribution in [0.25, 0.3) is 0 Å². The Balaban J connectivity index is 2.47. The van der Waals surface area contributed by atoms with Crippen molar-refractivity contribution in [2.75, 3.05) is 19.6 Å². The molecule has 0 saturated heterocycles. The van der Waals surface area contributed by atoms with E-state index in [1.165, 1.54) is 0 Å². The minimum absolute atomic E-state index is 0.169. The van der Waals surface area contributed by atoms with E-state index in [-0.39, 0.29) is 19.0 Å². The lowest BCUT2D eigenvalue weighted by molar-refractivity contribution is -0.143. The Kier molecular flexibility index (Phi) is 5.16. The second-order valence-corrected chi connectivity index (χ2v) is 5.49. The number of rotatable bonds is 7. The molecule has 1 fully saturated rings. The summed E-state index contributed by atoms with van der Waals surface area (Å²) in [7, 11) is 0. The van der Waals surface area contributed by atoms with Gasteiger partial charge in [0, 0.05) is 19.6 Å². The quantitative estimate of drug-likeness (QED) is 0.729. The maximum Gasteiger partial charge on any atom is 0.317 e. The zero-order valence-electron chi connectivity index (χ0n) is 11.5. The zero-order valence-corrected chi connectivity index (χ0v) is 11.5. The summed E-state index contributed by atoms with van der Waals surface area (Å²) < 4.78 is 0. The van der Waals surface area contributed by atoms with Crippen LogP contribution in [0.4, 0.5) is 4.79 Å². The van der Waals surface area contributed by atoms with Gasteiger partial charge in [0.2, 0.25) is 0 Å². The van der Waals surface area contributed by atoms with Gasteiger partial charge in [-0.25, -0.2) is 4.79 Å². The highest BCUT2D eigenvalue weighted by Gasteiger charge is 2.50. The van der Waals surface area contributed by atoms with E-state index in [0.717, 1.165) is 0 Å². The number of nitrogens with zero attached hydrogens (tertiary/aromatic N) is 2. The number of hydrogen-bond donors (Lipinski definition) is 2. The molecule has 2 amide bonds. The predicted molar refractivity (Wildman–Crippen MR) is 69.3 cm³/mol. The molecule has 0 aromatic rings. The third kappa shape index (κ3) is 4.43. The molecule has 106 valence electrons. The van der Waals surface area contributed by atoms with E-state index >= 15 is 0 Å². The number of carbonyl (C=O) groups is 2. The van der Waals surface area contributed by atoms with Gasteiger partial charge < -0.3 is 15.3 Å². The van der Waals surface area contributed by atoms with Gasteiger partial charge in [-0.05, 0) is 18.8 Å². The molecule has 0 radical (unpaired) electrons. The number of nitrogens with one attached hydrogen (secondary N) is 1. The SMILES string of the molecule is CC(C)CN(CCC#N)C(=O)NCC1(C(=O)O)CC1. The molecule has 1 aliphatic carbocycles. The van der Waals surface area contributed by atoms with Gasteiger partial charge in [0.15, 0.2) is 0 Å². The Morgan fingerprint density at radius 2 is 2.11 bits per heavy atom. The van der Waals surface area contributed by atoms with Crippen molar-refractivity contribution in [3.05, 3.63) is 0 Å². The summed E-state index contributed by atoms with van der Waals surface area (Å²) >= 11 is 0.